The van der Waals surface area contributed by atoms with Gasteiger partial charge in [0.2, 0.25) is 5.13 Å². The molecule has 0 spiro atoms. The van der Waals surface area contributed by atoms with E-state index in [0.29, 0.717) is 5.13 Å². The van der Waals surface area contributed by atoms with E-state index in [9.17, 15) is 0 Å². The lowest BCUT2D eigenvalue weighted by atomic mass is 10.2. The Hall–Kier alpha value is -3.49. The summed E-state index contributed by atoms with van der Waals surface area (Å²) < 4.78 is 16.5. The van der Waals surface area contributed by atoms with Gasteiger partial charge in [0.15, 0.2) is 0 Å². The first-order valence-corrected chi connectivity index (χ1v) is 11.8. The molecule has 0 fully saturated rings. The number of nitrogens with one attached hydrogen (secondary N) is 1. The van der Waals surface area contributed by atoms with Crippen molar-refractivity contribution in [2.24, 2.45) is 5.10 Å². The normalized spacial score (nSPS) is 10.9. The highest BCUT2D eigenvalue weighted by molar-refractivity contribution is 7.99. The summed E-state index contributed by atoms with van der Waals surface area (Å²) in [7, 11) is 4.95. The molecule has 3 aromatic carbocycles. The first-order valence-electron chi connectivity index (χ1n) is 10.1. The smallest absolute Gasteiger partial charge is 0.203 e. The molecule has 0 bridgehead atoms. The van der Waals surface area contributed by atoms with Crippen LogP contribution < -0.4 is 19.6 Å². The topological polar surface area (TPSA) is 65.0 Å². The van der Waals surface area contributed by atoms with E-state index in [0.717, 1.165) is 43.9 Å². The second kappa shape index (κ2) is 10.9. The van der Waals surface area contributed by atoms with Crippen LogP contribution in [0.2, 0.25) is 0 Å². The molecular formula is C25H23N3O3S2. The number of thiazole rings is 1. The van der Waals surface area contributed by atoms with Gasteiger partial charge in [0, 0.05) is 15.8 Å². The van der Waals surface area contributed by atoms with Crippen molar-refractivity contribution in [3.05, 3.63) is 77.7 Å². The Morgan fingerprint density at radius 3 is 2.45 bits per heavy atom. The average Bonchev–Trinajstić information content (AvgIpc) is 3.34. The van der Waals surface area contributed by atoms with Crippen LogP contribution in [0.5, 0.6) is 17.2 Å². The summed E-state index contributed by atoms with van der Waals surface area (Å²) in [5, 5.41) is 7.15. The predicted molar refractivity (Wildman–Crippen MR) is 135 cm³/mol. The molecule has 33 heavy (non-hydrogen) atoms. The van der Waals surface area contributed by atoms with Crippen LogP contribution in [0.4, 0.5) is 5.13 Å². The zero-order valence-electron chi connectivity index (χ0n) is 18.4. The summed E-state index contributed by atoms with van der Waals surface area (Å²) >= 11 is 3.06. The quantitative estimate of drug-likeness (QED) is 0.221. The molecule has 0 atom stereocenters. The molecule has 0 radical (unpaired) electrons. The molecule has 6 nitrogen and oxygen atoms in total. The van der Waals surface area contributed by atoms with Gasteiger partial charge >= 0.3 is 0 Å². The lowest BCUT2D eigenvalue weighted by Gasteiger charge is -2.13. The van der Waals surface area contributed by atoms with Gasteiger partial charge in [-0.05, 0) is 30.3 Å². The molecule has 1 heterocycles. The van der Waals surface area contributed by atoms with Crippen LogP contribution in [0.3, 0.4) is 0 Å². The summed E-state index contributed by atoms with van der Waals surface area (Å²) in [5.74, 6) is 2.24. The molecule has 4 rings (SSSR count). The van der Waals surface area contributed by atoms with Crippen LogP contribution in [0.25, 0.3) is 11.3 Å². The number of anilines is 1. The number of hydrogen-bond donors (Lipinski definition) is 1. The highest BCUT2D eigenvalue weighted by Gasteiger charge is 2.13. The highest BCUT2D eigenvalue weighted by atomic mass is 32.2. The minimum atomic E-state index is 0.712. The van der Waals surface area contributed by atoms with E-state index in [1.54, 1.807) is 39.3 Å². The molecule has 8 heteroatoms. The predicted octanol–water partition coefficient (Wildman–Crippen LogP) is 6.43. The zero-order valence-corrected chi connectivity index (χ0v) is 20.1. The second-order valence-electron chi connectivity index (χ2n) is 6.76. The SMILES string of the molecule is COc1ccc(OC)c(Sc2cccc(OC)c2C=NNc2nc(-c3ccccc3)cs2)c1. The van der Waals surface area contributed by atoms with Gasteiger partial charge in [0.05, 0.1) is 43.7 Å². The molecule has 0 aliphatic heterocycles. The number of aromatic nitrogens is 1. The van der Waals surface area contributed by atoms with Crippen LogP contribution in [0, 0.1) is 0 Å². The Balaban J connectivity index is 1.57. The van der Waals surface area contributed by atoms with E-state index >= 15 is 0 Å². The molecule has 0 amide bonds. The van der Waals surface area contributed by atoms with Gasteiger partial charge in [-0.2, -0.15) is 5.10 Å². The van der Waals surface area contributed by atoms with Crippen LogP contribution in [0.1, 0.15) is 5.56 Å². The van der Waals surface area contributed by atoms with E-state index in [1.165, 1.54) is 11.3 Å². The van der Waals surface area contributed by atoms with Gasteiger partial charge in [0.25, 0.3) is 0 Å². The number of rotatable bonds is 9. The first-order chi connectivity index (χ1) is 16.2. The molecule has 0 aliphatic rings. The van der Waals surface area contributed by atoms with Crippen LogP contribution >= 0.6 is 23.1 Å². The zero-order chi connectivity index (χ0) is 23.0. The molecule has 0 aliphatic carbocycles. The summed E-state index contributed by atoms with van der Waals surface area (Å²) in [5.41, 5.74) is 5.87. The third-order valence-corrected chi connectivity index (χ3v) is 6.63. The Morgan fingerprint density at radius 2 is 1.70 bits per heavy atom. The van der Waals surface area contributed by atoms with Crippen molar-refractivity contribution < 1.29 is 14.2 Å². The van der Waals surface area contributed by atoms with Gasteiger partial charge in [-0.3, -0.25) is 5.43 Å². The van der Waals surface area contributed by atoms with Crippen molar-refractivity contribution in [3.63, 3.8) is 0 Å². The molecule has 0 unspecified atom stereocenters. The van der Waals surface area contributed by atoms with Gasteiger partial charge in [-0.15, -0.1) is 11.3 Å². The molecule has 0 saturated heterocycles. The Kier molecular flexibility index (Phi) is 7.49. The number of benzene rings is 3. The summed E-state index contributed by atoms with van der Waals surface area (Å²) in [4.78, 5) is 6.51. The van der Waals surface area contributed by atoms with Crippen LogP contribution in [-0.4, -0.2) is 32.5 Å². The molecule has 4 aromatic rings. The highest BCUT2D eigenvalue weighted by Crippen LogP contribution is 2.40. The molecule has 168 valence electrons. The third-order valence-electron chi connectivity index (χ3n) is 4.76. The van der Waals surface area contributed by atoms with E-state index in [1.807, 2.05) is 72.1 Å². The van der Waals surface area contributed by atoms with E-state index < -0.39 is 0 Å². The third kappa shape index (κ3) is 5.47. The second-order valence-corrected chi connectivity index (χ2v) is 8.71. The van der Waals surface area contributed by atoms with Gasteiger partial charge < -0.3 is 14.2 Å². The number of nitrogens with zero attached hydrogens (tertiary/aromatic N) is 2. The van der Waals surface area contributed by atoms with Gasteiger partial charge in [-0.25, -0.2) is 4.98 Å². The Morgan fingerprint density at radius 1 is 0.879 bits per heavy atom. The fraction of sp³-hybridized carbons (Fsp3) is 0.120. The number of methoxy groups -OCH3 is 3. The molecule has 1 N–H and O–H groups in total. The van der Waals surface area contributed by atoms with Crippen molar-refractivity contribution in [2.75, 3.05) is 26.8 Å². The maximum atomic E-state index is 5.59. The van der Waals surface area contributed by atoms with Crippen LogP contribution in [0.15, 0.2) is 87.0 Å². The van der Waals surface area contributed by atoms with Gasteiger partial charge in [0.1, 0.15) is 17.2 Å². The van der Waals surface area contributed by atoms with E-state index in [2.05, 4.69) is 15.5 Å². The maximum absolute atomic E-state index is 5.59. The van der Waals surface area contributed by atoms with Gasteiger partial charge in [-0.1, -0.05) is 48.2 Å². The van der Waals surface area contributed by atoms with Crippen molar-refractivity contribution in [2.45, 2.75) is 9.79 Å². The maximum Gasteiger partial charge on any atom is 0.203 e. The lowest BCUT2D eigenvalue weighted by molar-refractivity contribution is 0.394. The number of hydrazone groups is 1. The summed E-state index contributed by atoms with van der Waals surface area (Å²) in [6.45, 7) is 0. The van der Waals surface area contributed by atoms with E-state index in [-0.39, 0.29) is 0 Å². The standard InChI is InChI=1S/C25H23N3O3S2/c1-29-18-12-13-22(31-3)24(14-18)33-23-11-7-10-21(30-2)19(23)15-26-28-25-27-20(16-32-25)17-8-5-4-6-9-17/h4-16H,1-3H3,(H,27,28). The summed E-state index contributed by atoms with van der Waals surface area (Å²) in [6.07, 6.45) is 1.75. The largest absolute Gasteiger partial charge is 0.497 e. The number of ether oxygens (including phenoxy) is 3. The van der Waals surface area contributed by atoms with E-state index in [4.69, 9.17) is 14.2 Å². The molecule has 0 saturated carbocycles. The van der Waals surface area contributed by atoms with Crippen molar-refractivity contribution in [3.8, 4) is 28.5 Å². The van der Waals surface area contributed by atoms with Crippen LogP contribution in [-0.2, 0) is 0 Å². The van der Waals surface area contributed by atoms with Crippen molar-refractivity contribution in [1.29, 1.82) is 0 Å². The average molecular weight is 478 g/mol. The Labute approximate surface area is 201 Å². The molecule has 1 aromatic heterocycles. The summed E-state index contributed by atoms with van der Waals surface area (Å²) in [6, 6.07) is 21.6. The lowest BCUT2D eigenvalue weighted by Crippen LogP contribution is -1.97. The van der Waals surface area contributed by atoms with Crippen molar-refractivity contribution in [1.82, 2.24) is 4.98 Å². The first kappa shape index (κ1) is 22.7. The molecular weight excluding hydrogens is 454 g/mol. The minimum Gasteiger partial charge on any atom is -0.497 e. The van der Waals surface area contributed by atoms with Crippen molar-refractivity contribution >= 4 is 34.4 Å². The monoisotopic (exact) mass is 477 g/mol. The number of hydrogen-bond acceptors (Lipinski definition) is 8. The minimum absolute atomic E-state index is 0.712. The fourth-order valence-corrected chi connectivity index (χ4v) is 4.86. The fourth-order valence-electron chi connectivity index (χ4n) is 3.12. The Bertz CT molecular complexity index is 1240.